The van der Waals surface area contributed by atoms with Gasteiger partial charge in [0.25, 0.3) is 5.91 Å². The summed E-state index contributed by atoms with van der Waals surface area (Å²) in [6, 6.07) is 15.8. The molecule has 0 unspecified atom stereocenters. The molecule has 5 nitrogen and oxygen atoms in total. The monoisotopic (exact) mass is 382 g/mol. The first-order valence-corrected chi connectivity index (χ1v) is 10.1. The van der Waals surface area contributed by atoms with Gasteiger partial charge in [-0.05, 0) is 55.6 Å². The third-order valence-electron chi connectivity index (χ3n) is 5.05. The molecule has 1 atom stereocenters. The number of hydrogen-bond acceptors (Lipinski definition) is 4. The van der Waals surface area contributed by atoms with Crippen molar-refractivity contribution in [1.82, 2.24) is 10.2 Å². The maximum absolute atomic E-state index is 12.6. The summed E-state index contributed by atoms with van der Waals surface area (Å²) in [5.41, 5.74) is 2.41. The first kappa shape index (κ1) is 20.2. The molecule has 0 aromatic heterocycles. The van der Waals surface area contributed by atoms with Crippen molar-refractivity contribution < 1.29 is 14.3 Å². The Hall–Kier alpha value is -2.53. The predicted molar refractivity (Wildman–Crippen MR) is 111 cm³/mol. The van der Waals surface area contributed by atoms with Gasteiger partial charge in [-0.3, -0.25) is 9.69 Å². The number of carbonyl (C=O) groups excluding carboxylic acids is 1. The van der Waals surface area contributed by atoms with Crippen molar-refractivity contribution in [1.29, 1.82) is 0 Å². The van der Waals surface area contributed by atoms with Crippen LogP contribution in [0.4, 0.5) is 0 Å². The number of benzene rings is 2. The summed E-state index contributed by atoms with van der Waals surface area (Å²) in [5.74, 6) is 1.24. The van der Waals surface area contributed by atoms with Gasteiger partial charge in [-0.15, -0.1) is 0 Å². The number of nitrogens with one attached hydrogen (secondary N) is 1. The molecule has 0 aliphatic carbocycles. The molecule has 150 valence electrons. The molecule has 1 heterocycles. The van der Waals surface area contributed by atoms with Crippen LogP contribution in [0.3, 0.4) is 0 Å². The fourth-order valence-corrected chi connectivity index (χ4v) is 3.50. The minimum Gasteiger partial charge on any atom is -0.497 e. The lowest BCUT2D eigenvalue weighted by molar-refractivity contribution is -0.128. The van der Waals surface area contributed by atoms with Crippen LogP contribution in [0.2, 0.25) is 0 Å². The lowest BCUT2D eigenvalue weighted by Gasteiger charge is -2.18. The van der Waals surface area contributed by atoms with Crippen LogP contribution in [0.5, 0.6) is 11.5 Å². The molecular formula is C23H30N2O3. The number of rotatable bonds is 9. The first-order chi connectivity index (χ1) is 13.7. The average molecular weight is 383 g/mol. The Labute approximate surface area is 167 Å². The van der Waals surface area contributed by atoms with E-state index in [9.17, 15) is 4.79 Å². The number of amides is 1. The molecule has 0 saturated carbocycles. The van der Waals surface area contributed by atoms with Crippen molar-refractivity contribution >= 4 is 5.91 Å². The lowest BCUT2D eigenvalue weighted by Crippen LogP contribution is -2.37. The van der Waals surface area contributed by atoms with Gasteiger partial charge in [-0.25, -0.2) is 0 Å². The molecule has 5 heteroatoms. The summed E-state index contributed by atoms with van der Waals surface area (Å²) >= 11 is 0. The highest BCUT2D eigenvalue weighted by molar-refractivity contribution is 5.81. The molecule has 1 aliphatic rings. The number of methoxy groups -OCH3 is 1. The van der Waals surface area contributed by atoms with Crippen molar-refractivity contribution in [2.24, 2.45) is 0 Å². The van der Waals surface area contributed by atoms with Crippen molar-refractivity contribution in [2.75, 3.05) is 20.2 Å². The summed E-state index contributed by atoms with van der Waals surface area (Å²) in [6.07, 6.45) is 2.65. The molecule has 1 fully saturated rings. The Balaban J connectivity index is 1.54. The SMILES string of the molecule is CC[C@H](Oc1cccc(OC)c1)C(=O)NCc1cccc(CN2CCCC2)c1. The molecule has 2 aromatic rings. The number of hydrogen-bond donors (Lipinski definition) is 1. The van der Waals surface area contributed by atoms with E-state index in [1.54, 1.807) is 13.2 Å². The summed E-state index contributed by atoms with van der Waals surface area (Å²) in [7, 11) is 1.61. The van der Waals surface area contributed by atoms with Crippen LogP contribution in [-0.4, -0.2) is 37.1 Å². The van der Waals surface area contributed by atoms with Gasteiger partial charge in [0.1, 0.15) is 11.5 Å². The summed E-state index contributed by atoms with van der Waals surface area (Å²) in [4.78, 5) is 15.1. The first-order valence-electron chi connectivity index (χ1n) is 10.1. The Kier molecular flexibility index (Phi) is 7.31. The van der Waals surface area contributed by atoms with Gasteiger partial charge in [-0.2, -0.15) is 0 Å². The zero-order chi connectivity index (χ0) is 19.8. The lowest BCUT2D eigenvalue weighted by atomic mass is 10.1. The molecule has 3 rings (SSSR count). The molecule has 0 radical (unpaired) electrons. The quantitative estimate of drug-likeness (QED) is 0.717. The topological polar surface area (TPSA) is 50.8 Å². The second kappa shape index (κ2) is 10.1. The second-order valence-electron chi connectivity index (χ2n) is 7.21. The van der Waals surface area contributed by atoms with Crippen molar-refractivity contribution in [3.05, 3.63) is 59.7 Å². The fourth-order valence-electron chi connectivity index (χ4n) is 3.50. The van der Waals surface area contributed by atoms with Gasteiger partial charge in [0.05, 0.1) is 7.11 Å². The van der Waals surface area contributed by atoms with Gasteiger partial charge >= 0.3 is 0 Å². The highest BCUT2D eigenvalue weighted by Crippen LogP contribution is 2.21. The van der Waals surface area contributed by atoms with Crippen LogP contribution < -0.4 is 14.8 Å². The average Bonchev–Trinajstić information content (AvgIpc) is 3.23. The fraction of sp³-hybridized carbons (Fsp3) is 0.435. The molecule has 1 N–H and O–H groups in total. The maximum Gasteiger partial charge on any atom is 0.261 e. The van der Waals surface area contributed by atoms with Gasteiger partial charge in [0, 0.05) is 19.2 Å². The number of nitrogens with zero attached hydrogens (tertiary/aromatic N) is 1. The van der Waals surface area contributed by atoms with Crippen LogP contribution >= 0.6 is 0 Å². The molecule has 0 spiro atoms. The Morgan fingerprint density at radius 2 is 1.79 bits per heavy atom. The van der Waals surface area contributed by atoms with E-state index in [-0.39, 0.29) is 5.91 Å². The van der Waals surface area contributed by atoms with E-state index < -0.39 is 6.10 Å². The highest BCUT2D eigenvalue weighted by Gasteiger charge is 2.18. The molecule has 1 saturated heterocycles. The molecule has 1 aliphatic heterocycles. The third-order valence-corrected chi connectivity index (χ3v) is 5.05. The van der Waals surface area contributed by atoms with Gasteiger partial charge in [0.15, 0.2) is 6.10 Å². The highest BCUT2D eigenvalue weighted by atomic mass is 16.5. The van der Waals surface area contributed by atoms with E-state index in [0.29, 0.717) is 24.5 Å². The van der Waals surface area contributed by atoms with Crippen molar-refractivity contribution in [3.63, 3.8) is 0 Å². The summed E-state index contributed by atoms with van der Waals surface area (Å²) in [5, 5.41) is 3.01. The zero-order valence-corrected chi connectivity index (χ0v) is 16.8. The zero-order valence-electron chi connectivity index (χ0n) is 16.8. The molecule has 1 amide bonds. The number of carbonyl (C=O) groups is 1. The predicted octanol–water partition coefficient (Wildman–Crippen LogP) is 3.76. The van der Waals surface area contributed by atoms with E-state index in [0.717, 1.165) is 12.1 Å². The van der Waals surface area contributed by atoms with Gasteiger partial charge in [0.2, 0.25) is 0 Å². The third kappa shape index (κ3) is 5.73. The van der Waals surface area contributed by atoms with E-state index in [1.165, 1.54) is 31.5 Å². The van der Waals surface area contributed by atoms with Crippen molar-refractivity contribution in [2.45, 2.75) is 45.4 Å². The van der Waals surface area contributed by atoms with E-state index in [4.69, 9.17) is 9.47 Å². The number of likely N-dealkylation sites (tertiary alicyclic amines) is 1. The Bertz CT molecular complexity index is 772. The molecule has 0 bridgehead atoms. The summed E-state index contributed by atoms with van der Waals surface area (Å²) in [6.45, 7) is 5.80. The summed E-state index contributed by atoms with van der Waals surface area (Å²) < 4.78 is 11.1. The van der Waals surface area contributed by atoms with E-state index in [1.807, 2.05) is 25.1 Å². The normalized spacial score (nSPS) is 15.2. The Morgan fingerprint density at radius 1 is 1.07 bits per heavy atom. The van der Waals surface area contributed by atoms with Crippen molar-refractivity contribution in [3.8, 4) is 11.5 Å². The van der Waals surface area contributed by atoms with Crippen LogP contribution in [0.25, 0.3) is 0 Å². The van der Waals surface area contributed by atoms with Crippen LogP contribution in [0, 0.1) is 0 Å². The standard InChI is InChI=1S/C23H30N2O3/c1-3-22(28-21-11-7-10-20(15-21)27-2)23(26)24-16-18-8-6-9-19(14-18)17-25-12-4-5-13-25/h6-11,14-15,22H,3-5,12-13,16-17H2,1-2H3,(H,24,26)/t22-/m0/s1. The van der Waals surface area contributed by atoms with E-state index in [2.05, 4.69) is 34.5 Å². The molecular weight excluding hydrogens is 352 g/mol. The Morgan fingerprint density at radius 3 is 2.54 bits per heavy atom. The molecule has 2 aromatic carbocycles. The van der Waals surface area contributed by atoms with Crippen LogP contribution in [0.1, 0.15) is 37.3 Å². The van der Waals surface area contributed by atoms with Crippen LogP contribution in [-0.2, 0) is 17.9 Å². The van der Waals surface area contributed by atoms with E-state index >= 15 is 0 Å². The minimum absolute atomic E-state index is 0.102. The van der Waals surface area contributed by atoms with Gasteiger partial charge < -0.3 is 14.8 Å². The maximum atomic E-state index is 12.6. The largest absolute Gasteiger partial charge is 0.497 e. The smallest absolute Gasteiger partial charge is 0.261 e. The second-order valence-corrected chi connectivity index (χ2v) is 7.21. The van der Waals surface area contributed by atoms with Crippen LogP contribution in [0.15, 0.2) is 48.5 Å². The van der Waals surface area contributed by atoms with Gasteiger partial charge in [-0.1, -0.05) is 37.3 Å². The molecule has 28 heavy (non-hydrogen) atoms. The number of ether oxygens (including phenoxy) is 2. The minimum atomic E-state index is -0.528.